The van der Waals surface area contributed by atoms with E-state index in [1.807, 2.05) is 16.9 Å². The minimum Gasteiger partial charge on any atom is -0.387 e. The molecule has 0 aliphatic carbocycles. The van der Waals surface area contributed by atoms with E-state index >= 15 is 0 Å². The van der Waals surface area contributed by atoms with Gasteiger partial charge in [0.25, 0.3) is 0 Å². The fourth-order valence-electron chi connectivity index (χ4n) is 1.10. The molecule has 13 heavy (non-hydrogen) atoms. The second-order valence-electron chi connectivity index (χ2n) is 3.25. The standard InChI is InChI=1S/C9H16N4/c1-3-7(2)13-5-4-8(12-13)6-9(10)11/h4-5,7H,3,6H2,1-2H3,(H3,10,11). The number of hydrogen-bond donors (Lipinski definition) is 2. The lowest BCUT2D eigenvalue weighted by Crippen LogP contribution is -2.13. The van der Waals surface area contributed by atoms with Crippen LogP contribution >= 0.6 is 0 Å². The van der Waals surface area contributed by atoms with Gasteiger partial charge in [0.05, 0.1) is 11.5 Å². The fraction of sp³-hybridized carbons (Fsp3) is 0.556. The van der Waals surface area contributed by atoms with Gasteiger partial charge >= 0.3 is 0 Å². The topological polar surface area (TPSA) is 67.7 Å². The first-order valence-electron chi connectivity index (χ1n) is 4.50. The Bertz CT molecular complexity index is 290. The molecule has 3 N–H and O–H groups in total. The molecular weight excluding hydrogens is 164 g/mol. The quantitative estimate of drug-likeness (QED) is 0.542. The van der Waals surface area contributed by atoms with Gasteiger partial charge in [-0.1, -0.05) is 6.92 Å². The van der Waals surface area contributed by atoms with E-state index in [4.69, 9.17) is 11.1 Å². The van der Waals surface area contributed by atoms with Crippen LogP contribution in [0.15, 0.2) is 12.3 Å². The van der Waals surface area contributed by atoms with Crippen molar-refractivity contribution in [2.24, 2.45) is 5.73 Å². The van der Waals surface area contributed by atoms with Gasteiger partial charge in [0.2, 0.25) is 0 Å². The Balaban J connectivity index is 2.68. The van der Waals surface area contributed by atoms with E-state index in [1.54, 1.807) is 0 Å². The molecule has 0 spiro atoms. The molecule has 1 unspecified atom stereocenters. The number of nitrogens with one attached hydrogen (secondary N) is 1. The van der Waals surface area contributed by atoms with Gasteiger partial charge in [0, 0.05) is 18.7 Å². The summed E-state index contributed by atoms with van der Waals surface area (Å²) in [6.07, 6.45) is 3.44. The molecule has 72 valence electrons. The maximum atomic E-state index is 7.12. The van der Waals surface area contributed by atoms with Gasteiger partial charge in [-0.15, -0.1) is 0 Å². The van der Waals surface area contributed by atoms with Crippen molar-refractivity contribution in [1.82, 2.24) is 9.78 Å². The third-order valence-corrected chi connectivity index (χ3v) is 2.08. The van der Waals surface area contributed by atoms with E-state index in [0.717, 1.165) is 12.1 Å². The van der Waals surface area contributed by atoms with Crippen LogP contribution in [0.4, 0.5) is 0 Å². The van der Waals surface area contributed by atoms with Crippen LogP contribution in [0.25, 0.3) is 0 Å². The first-order chi connectivity index (χ1) is 6.13. The molecule has 1 aromatic heterocycles. The number of nitrogens with zero attached hydrogens (tertiary/aromatic N) is 2. The molecule has 1 rings (SSSR count). The Kier molecular flexibility index (Phi) is 3.06. The highest BCUT2D eigenvalue weighted by Gasteiger charge is 2.04. The van der Waals surface area contributed by atoms with Gasteiger partial charge in [-0.25, -0.2) is 0 Å². The van der Waals surface area contributed by atoms with Gasteiger partial charge in [-0.3, -0.25) is 10.1 Å². The number of hydrogen-bond acceptors (Lipinski definition) is 2. The normalized spacial score (nSPS) is 12.8. The predicted octanol–water partition coefficient (Wildman–Crippen LogP) is 1.33. The molecule has 1 atom stereocenters. The first kappa shape index (κ1) is 9.77. The van der Waals surface area contributed by atoms with E-state index in [2.05, 4.69) is 18.9 Å². The summed E-state index contributed by atoms with van der Waals surface area (Å²) in [7, 11) is 0. The largest absolute Gasteiger partial charge is 0.387 e. The molecule has 0 aliphatic rings. The molecule has 0 aromatic carbocycles. The number of rotatable bonds is 4. The lowest BCUT2D eigenvalue weighted by molar-refractivity contribution is 0.475. The van der Waals surface area contributed by atoms with E-state index < -0.39 is 0 Å². The van der Waals surface area contributed by atoms with Gasteiger partial charge in [0.1, 0.15) is 0 Å². The van der Waals surface area contributed by atoms with E-state index in [0.29, 0.717) is 12.5 Å². The average Bonchev–Trinajstić information content (AvgIpc) is 2.50. The van der Waals surface area contributed by atoms with Crippen LogP contribution in [0.2, 0.25) is 0 Å². The lowest BCUT2D eigenvalue weighted by atomic mass is 10.3. The average molecular weight is 180 g/mol. The van der Waals surface area contributed by atoms with Gasteiger partial charge in [0.15, 0.2) is 0 Å². The SMILES string of the molecule is CCC(C)n1ccc(CC(=N)N)n1. The Labute approximate surface area is 78.3 Å². The number of amidine groups is 1. The van der Waals surface area contributed by atoms with Crippen molar-refractivity contribution in [3.63, 3.8) is 0 Å². The molecule has 0 amide bonds. The van der Waals surface area contributed by atoms with Crippen molar-refractivity contribution in [3.05, 3.63) is 18.0 Å². The fourth-order valence-corrected chi connectivity index (χ4v) is 1.10. The van der Waals surface area contributed by atoms with Crippen molar-refractivity contribution < 1.29 is 0 Å². The Hall–Kier alpha value is -1.32. The van der Waals surface area contributed by atoms with Gasteiger partial charge < -0.3 is 5.73 Å². The van der Waals surface area contributed by atoms with Crippen LogP contribution in [0, 0.1) is 5.41 Å². The maximum Gasteiger partial charge on any atom is 0.0966 e. The number of aromatic nitrogens is 2. The second-order valence-corrected chi connectivity index (χ2v) is 3.25. The van der Waals surface area contributed by atoms with E-state index in [9.17, 15) is 0 Å². The molecule has 0 radical (unpaired) electrons. The zero-order valence-electron chi connectivity index (χ0n) is 8.12. The molecule has 0 saturated heterocycles. The molecule has 0 aliphatic heterocycles. The summed E-state index contributed by atoms with van der Waals surface area (Å²) in [6, 6.07) is 2.33. The minimum atomic E-state index is 0.161. The highest BCUT2D eigenvalue weighted by atomic mass is 15.3. The van der Waals surface area contributed by atoms with Crippen LogP contribution in [0.1, 0.15) is 32.0 Å². The molecule has 0 fully saturated rings. The molecule has 0 bridgehead atoms. The molecule has 4 nitrogen and oxygen atoms in total. The molecule has 1 aromatic rings. The van der Waals surface area contributed by atoms with Crippen LogP contribution in [0.5, 0.6) is 0 Å². The highest BCUT2D eigenvalue weighted by molar-refractivity contribution is 5.78. The summed E-state index contributed by atoms with van der Waals surface area (Å²) >= 11 is 0. The summed E-state index contributed by atoms with van der Waals surface area (Å²) in [4.78, 5) is 0. The Morgan fingerprint density at radius 1 is 1.77 bits per heavy atom. The monoisotopic (exact) mass is 180 g/mol. The second kappa shape index (κ2) is 4.07. The van der Waals surface area contributed by atoms with E-state index in [1.165, 1.54) is 0 Å². The van der Waals surface area contributed by atoms with Crippen LogP contribution in [0.3, 0.4) is 0 Å². The van der Waals surface area contributed by atoms with Crippen LogP contribution in [-0.4, -0.2) is 15.6 Å². The van der Waals surface area contributed by atoms with Crippen LogP contribution in [-0.2, 0) is 6.42 Å². The van der Waals surface area contributed by atoms with Crippen molar-refractivity contribution in [1.29, 1.82) is 5.41 Å². The maximum absolute atomic E-state index is 7.12. The summed E-state index contributed by atoms with van der Waals surface area (Å²) in [5.74, 6) is 0.161. The van der Waals surface area contributed by atoms with Gasteiger partial charge in [-0.2, -0.15) is 5.10 Å². The van der Waals surface area contributed by atoms with Crippen LogP contribution < -0.4 is 5.73 Å². The lowest BCUT2D eigenvalue weighted by Gasteiger charge is -2.07. The van der Waals surface area contributed by atoms with Crippen molar-refractivity contribution in [2.45, 2.75) is 32.7 Å². The Morgan fingerprint density at radius 2 is 2.46 bits per heavy atom. The third-order valence-electron chi connectivity index (χ3n) is 2.08. The smallest absolute Gasteiger partial charge is 0.0966 e. The van der Waals surface area contributed by atoms with Gasteiger partial charge in [-0.05, 0) is 19.4 Å². The van der Waals surface area contributed by atoms with Crippen molar-refractivity contribution in [2.75, 3.05) is 0 Å². The summed E-state index contributed by atoms with van der Waals surface area (Å²) < 4.78 is 1.91. The van der Waals surface area contributed by atoms with Crippen molar-refractivity contribution >= 4 is 5.84 Å². The Morgan fingerprint density at radius 3 is 3.00 bits per heavy atom. The molecular formula is C9H16N4. The highest BCUT2D eigenvalue weighted by Crippen LogP contribution is 2.09. The summed E-state index contributed by atoms with van der Waals surface area (Å²) in [6.45, 7) is 4.24. The zero-order valence-corrected chi connectivity index (χ0v) is 8.12. The summed E-state index contributed by atoms with van der Waals surface area (Å²) in [5, 5.41) is 11.4. The zero-order chi connectivity index (χ0) is 9.84. The predicted molar refractivity (Wildman–Crippen MR) is 52.8 cm³/mol. The van der Waals surface area contributed by atoms with Crippen molar-refractivity contribution in [3.8, 4) is 0 Å². The number of nitrogens with two attached hydrogens (primary N) is 1. The third kappa shape index (κ3) is 2.57. The first-order valence-corrected chi connectivity index (χ1v) is 4.50. The molecule has 1 heterocycles. The minimum absolute atomic E-state index is 0.161. The summed E-state index contributed by atoms with van der Waals surface area (Å²) in [5.41, 5.74) is 6.14. The molecule has 4 heteroatoms. The van der Waals surface area contributed by atoms with E-state index in [-0.39, 0.29) is 5.84 Å². The molecule has 0 saturated carbocycles.